The van der Waals surface area contributed by atoms with Crippen LogP contribution in [-0.2, 0) is 16.0 Å². The van der Waals surface area contributed by atoms with Crippen LogP contribution in [0.15, 0.2) is 42.5 Å². The van der Waals surface area contributed by atoms with E-state index in [4.69, 9.17) is 18.9 Å². The number of esters is 1. The molecule has 1 aliphatic heterocycles. The van der Waals surface area contributed by atoms with Crippen molar-refractivity contribution in [3.63, 3.8) is 0 Å². The molecule has 0 spiro atoms. The van der Waals surface area contributed by atoms with E-state index in [9.17, 15) is 14.7 Å². The summed E-state index contributed by atoms with van der Waals surface area (Å²) in [5.41, 5.74) is 1.74. The van der Waals surface area contributed by atoms with Crippen LogP contribution >= 0.6 is 0 Å². The summed E-state index contributed by atoms with van der Waals surface area (Å²) in [5.74, 6) is -0.519. The summed E-state index contributed by atoms with van der Waals surface area (Å²) in [5, 5.41) is 9.23. The van der Waals surface area contributed by atoms with Crippen LogP contribution in [0.4, 0.5) is 0 Å². The van der Waals surface area contributed by atoms with Gasteiger partial charge in [-0.15, -0.1) is 0 Å². The summed E-state index contributed by atoms with van der Waals surface area (Å²) < 4.78 is 22.4. The Morgan fingerprint density at radius 2 is 1.82 bits per heavy atom. The second-order valence-electron chi connectivity index (χ2n) is 8.34. The Balaban J connectivity index is 1.33. The molecule has 8 heteroatoms. The van der Waals surface area contributed by atoms with E-state index in [1.807, 2.05) is 18.2 Å². The minimum atomic E-state index is -1.03. The lowest BCUT2D eigenvalue weighted by atomic mass is 10.1. The van der Waals surface area contributed by atoms with E-state index in [0.29, 0.717) is 36.3 Å². The zero-order valence-corrected chi connectivity index (χ0v) is 18.7. The standard InChI is InChI=1S/C25H29NO7/c1-30-22-8-5-18(24(27)28)14-23(22)32-20-6-7-21(15-20)33-25(29)19-4-2-3-17(13-19)16-26-9-11-31-12-10-26/h2-5,8,13-14,20-21H,6-7,9-12,15-16H2,1H3,(H,27,28)/t20-,21+/m1/s1. The van der Waals surface area contributed by atoms with Gasteiger partial charge in [0.05, 0.1) is 31.5 Å². The van der Waals surface area contributed by atoms with Crippen LogP contribution in [0.3, 0.4) is 0 Å². The molecule has 2 aromatic rings. The number of benzene rings is 2. The quantitative estimate of drug-likeness (QED) is 0.606. The second kappa shape index (κ2) is 10.7. The molecule has 0 unspecified atom stereocenters. The molecular formula is C25H29NO7. The van der Waals surface area contributed by atoms with Gasteiger partial charge in [0.25, 0.3) is 0 Å². The fourth-order valence-electron chi connectivity index (χ4n) is 4.23. The number of carbonyl (C=O) groups excluding carboxylic acids is 1. The first-order valence-corrected chi connectivity index (χ1v) is 11.2. The second-order valence-corrected chi connectivity index (χ2v) is 8.34. The molecule has 1 aliphatic carbocycles. The van der Waals surface area contributed by atoms with Crippen LogP contribution in [-0.4, -0.2) is 67.6 Å². The average Bonchev–Trinajstić information content (AvgIpc) is 3.26. The molecule has 2 aromatic carbocycles. The van der Waals surface area contributed by atoms with Gasteiger partial charge in [-0.3, -0.25) is 4.90 Å². The van der Waals surface area contributed by atoms with Crippen molar-refractivity contribution >= 4 is 11.9 Å². The van der Waals surface area contributed by atoms with Gasteiger partial charge in [0.15, 0.2) is 11.5 Å². The topological polar surface area (TPSA) is 94.5 Å². The predicted octanol–water partition coefficient (Wildman–Crippen LogP) is 3.38. The Kier molecular flexibility index (Phi) is 7.47. The van der Waals surface area contributed by atoms with E-state index >= 15 is 0 Å². The minimum absolute atomic E-state index is 0.128. The maximum Gasteiger partial charge on any atom is 0.338 e. The maximum atomic E-state index is 12.7. The van der Waals surface area contributed by atoms with E-state index in [-0.39, 0.29) is 23.7 Å². The lowest BCUT2D eigenvalue weighted by Crippen LogP contribution is -2.35. The fourth-order valence-corrected chi connectivity index (χ4v) is 4.23. The Morgan fingerprint density at radius 3 is 2.58 bits per heavy atom. The van der Waals surface area contributed by atoms with Crippen LogP contribution in [0.25, 0.3) is 0 Å². The highest BCUT2D eigenvalue weighted by molar-refractivity contribution is 5.89. The molecule has 2 atom stereocenters. The molecule has 0 amide bonds. The summed E-state index contributed by atoms with van der Waals surface area (Å²) >= 11 is 0. The van der Waals surface area contributed by atoms with Gasteiger partial charge in [-0.1, -0.05) is 12.1 Å². The van der Waals surface area contributed by atoms with E-state index < -0.39 is 5.97 Å². The zero-order chi connectivity index (χ0) is 23.2. The van der Waals surface area contributed by atoms with Gasteiger partial charge < -0.3 is 24.1 Å². The summed E-state index contributed by atoms with van der Waals surface area (Å²) in [7, 11) is 1.51. The maximum absolute atomic E-state index is 12.7. The third kappa shape index (κ3) is 6.03. The van der Waals surface area contributed by atoms with E-state index in [2.05, 4.69) is 4.90 Å². The highest BCUT2D eigenvalue weighted by atomic mass is 16.6. The van der Waals surface area contributed by atoms with Gasteiger partial charge >= 0.3 is 11.9 Å². The Bertz CT molecular complexity index is 986. The van der Waals surface area contributed by atoms with Crippen molar-refractivity contribution in [2.75, 3.05) is 33.4 Å². The number of carboxylic acids is 1. The molecule has 0 bridgehead atoms. The first-order valence-electron chi connectivity index (χ1n) is 11.2. The van der Waals surface area contributed by atoms with Gasteiger partial charge in [-0.25, -0.2) is 9.59 Å². The molecule has 2 fully saturated rings. The smallest absolute Gasteiger partial charge is 0.338 e. The molecular weight excluding hydrogens is 426 g/mol. The van der Waals surface area contributed by atoms with Crippen LogP contribution in [0.2, 0.25) is 0 Å². The SMILES string of the molecule is COc1ccc(C(=O)O)cc1O[C@@H]1CC[C@H](OC(=O)c2cccc(CN3CCOCC3)c2)C1. The first kappa shape index (κ1) is 23.1. The average molecular weight is 456 g/mol. The largest absolute Gasteiger partial charge is 0.493 e. The summed E-state index contributed by atoms with van der Waals surface area (Å²) in [6.45, 7) is 4.02. The van der Waals surface area contributed by atoms with Gasteiger partial charge in [0, 0.05) is 26.1 Å². The highest BCUT2D eigenvalue weighted by Crippen LogP contribution is 2.33. The molecule has 2 aliphatic rings. The number of rotatable bonds is 8. The molecule has 33 heavy (non-hydrogen) atoms. The number of methoxy groups -OCH3 is 1. The highest BCUT2D eigenvalue weighted by Gasteiger charge is 2.30. The van der Waals surface area contributed by atoms with Crippen LogP contribution in [0.1, 0.15) is 45.5 Å². The Hall–Kier alpha value is -3.10. The lowest BCUT2D eigenvalue weighted by Gasteiger charge is -2.26. The molecule has 0 aromatic heterocycles. The monoisotopic (exact) mass is 455 g/mol. The van der Waals surface area contributed by atoms with Crippen LogP contribution in [0.5, 0.6) is 11.5 Å². The van der Waals surface area contributed by atoms with Crippen molar-refractivity contribution < 1.29 is 33.6 Å². The van der Waals surface area contributed by atoms with Crippen molar-refractivity contribution in [3.05, 3.63) is 59.2 Å². The van der Waals surface area contributed by atoms with Crippen molar-refractivity contribution in [2.45, 2.75) is 38.0 Å². The summed E-state index contributed by atoms with van der Waals surface area (Å²) in [6.07, 6.45) is 1.49. The minimum Gasteiger partial charge on any atom is -0.493 e. The number of carbonyl (C=O) groups is 2. The number of aromatic carboxylic acids is 1. The zero-order valence-electron chi connectivity index (χ0n) is 18.7. The normalized spacial score (nSPS) is 20.9. The van der Waals surface area contributed by atoms with Crippen molar-refractivity contribution in [1.29, 1.82) is 0 Å². The van der Waals surface area contributed by atoms with Gasteiger partial charge in [0.2, 0.25) is 0 Å². The number of morpholine rings is 1. The molecule has 4 rings (SSSR count). The molecule has 1 N–H and O–H groups in total. The molecule has 176 valence electrons. The molecule has 1 heterocycles. The number of hydrogen-bond acceptors (Lipinski definition) is 7. The Morgan fingerprint density at radius 1 is 1.03 bits per heavy atom. The van der Waals surface area contributed by atoms with Gasteiger partial charge in [-0.05, 0) is 48.7 Å². The number of nitrogens with zero attached hydrogens (tertiary/aromatic N) is 1. The third-order valence-corrected chi connectivity index (χ3v) is 5.99. The van der Waals surface area contributed by atoms with Gasteiger partial charge in [-0.2, -0.15) is 0 Å². The van der Waals surface area contributed by atoms with E-state index in [1.54, 1.807) is 12.1 Å². The van der Waals surface area contributed by atoms with E-state index in [0.717, 1.165) is 38.4 Å². The van der Waals surface area contributed by atoms with Crippen molar-refractivity contribution in [1.82, 2.24) is 4.90 Å². The Labute approximate surface area is 193 Å². The van der Waals surface area contributed by atoms with Gasteiger partial charge in [0.1, 0.15) is 12.2 Å². The fraction of sp³-hybridized carbons (Fsp3) is 0.440. The van der Waals surface area contributed by atoms with Crippen LogP contribution < -0.4 is 9.47 Å². The van der Waals surface area contributed by atoms with E-state index in [1.165, 1.54) is 19.2 Å². The molecule has 1 saturated heterocycles. The number of hydrogen-bond donors (Lipinski definition) is 1. The van der Waals surface area contributed by atoms with Crippen molar-refractivity contribution in [2.24, 2.45) is 0 Å². The molecule has 0 radical (unpaired) electrons. The molecule has 1 saturated carbocycles. The first-order chi connectivity index (χ1) is 16.0. The predicted molar refractivity (Wildman–Crippen MR) is 120 cm³/mol. The summed E-state index contributed by atoms with van der Waals surface area (Å²) in [6, 6.07) is 12.1. The molecule has 8 nitrogen and oxygen atoms in total. The van der Waals surface area contributed by atoms with Crippen molar-refractivity contribution in [3.8, 4) is 11.5 Å². The number of carboxylic acid groups (broad SMARTS) is 1. The lowest BCUT2D eigenvalue weighted by molar-refractivity contribution is 0.0289. The van der Waals surface area contributed by atoms with Crippen LogP contribution in [0, 0.1) is 0 Å². The number of ether oxygens (including phenoxy) is 4. The third-order valence-electron chi connectivity index (χ3n) is 5.99. The summed E-state index contributed by atoms with van der Waals surface area (Å²) in [4.78, 5) is 26.3.